The van der Waals surface area contributed by atoms with Crippen LogP contribution in [0, 0.1) is 0 Å². The molecule has 0 bridgehead atoms. The maximum absolute atomic E-state index is 12.3. The molecule has 1 aliphatic heterocycles. The predicted molar refractivity (Wildman–Crippen MR) is 71.2 cm³/mol. The summed E-state index contributed by atoms with van der Waals surface area (Å²) in [4.78, 5) is 3.89. The summed E-state index contributed by atoms with van der Waals surface area (Å²) in [5.41, 5.74) is -0.869. The highest BCUT2D eigenvalue weighted by Gasteiger charge is 2.47. The van der Waals surface area contributed by atoms with E-state index in [1.54, 1.807) is 11.6 Å². The summed E-state index contributed by atoms with van der Waals surface area (Å²) in [5.74, 6) is 0. The Hall–Kier alpha value is -0.920. The van der Waals surface area contributed by atoms with Crippen LogP contribution in [-0.2, 0) is 21.8 Å². The van der Waals surface area contributed by atoms with Gasteiger partial charge in [-0.2, -0.15) is 0 Å². The van der Waals surface area contributed by atoms with Crippen LogP contribution in [0.3, 0.4) is 0 Å². The van der Waals surface area contributed by atoms with Gasteiger partial charge >= 0.3 is 0 Å². The smallest absolute Gasteiger partial charge is 0.259 e. The standard InChI is InChI=1S/C12H21N3O3S/c1-11(2)6-9(12(3,4)18-11)14-19(16,17)10-7-15(5)8-13-10/h7-9,14H,6H2,1-5H3. The van der Waals surface area contributed by atoms with Gasteiger partial charge in [0.2, 0.25) is 0 Å². The summed E-state index contributed by atoms with van der Waals surface area (Å²) in [6.07, 6.45) is 3.58. The fraction of sp³-hybridized carbons (Fsp3) is 0.750. The molecule has 7 heteroatoms. The normalized spacial score (nSPS) is 25.6. The quantitative estimate of drug-likeness (QED) is 0.901. The third kappa shape index (κ3) is 2.98. The Kier molecular flexibility index (Phi) is 3.27. The summed E-state index contributed by atoms with van der Waals surface area (Å²) < 4.78 is 34.7. The molecule has 1 atom stereocenters. The second-order valence-electron chi connectivity index (χ2n) is 6.22. The molecule has 0 aromatic carbocycles. The number of nitrogens with one attached hydrogen (secondary N) is 1. The molecule has 0 saturated carbocycles. The van der Waals surface area contributed by atoms with E-state index in [1.165, 1.54) is 12.5 Å². The van der Waals surface area contributed by atoms with Gasteiger partial charge in [0.1, 0.15) is 0 Å². The second kappa shape index (κ2) is 4.29. The number of aromatic nitrogens is 2. The summed E-state index contributed by atoms with van der Waals surface area (Å²) >= 11 is 0. The number of imidazole rings is 1. The molecule has 1 aliphatic rings. The molecule has 0 spiro atoms. The van der Waals surface area contributed by atoms with Crippen molar-refractivity contribution >= 4 is 10.0 Å². The van der Waals surface area contributed by atoms with Crippen molar-refractivity contribution in [3.05, 3.63) is 12.5 Å². The predicted octanol–water partition coefficient (Wildman–Crippen LogP) is 1.04. The van der Waals surface area contributed by atoms with E-state index in [2.05, 4.69) is 9.71 Å². The largest absolute Gasteiger partial charge is 0.368 e. The fourth-order valence-corrected chi connectivity index (χ4v) is 3.87. The van der Waals surface area contributed by atoms with Crippen LogP contribution in [0.15, 0.2) is 17.6 Å². The molecule has 1 unspecified atom stereocenters. The summed E-state index contributed by atoms with van der Waals surface area (Å²) in [6.45, 7) is 7.72. The number of rotatable bonds is 3. The molecule has 2 rings (SSSR count). The average Bonchev–Trinajstić information content (AvgIpc) is 2.68. The Balaban J connectivity index is 2.22. The SMILES string of the molecule is Cn1cnc(S(=O)(=O)NC2CC(C)(C)OC2(C)C)c1. The number of aryl methyl sites for hydroxylation is 1. The number of hydrogen-bond acceptors (Lipinski definition) is 4. The molecule has 0 aliphatic carbocycles. The zero-order valence-corrected chi connectivity index (χ0v) is 12.8. The lowest BCUT2D eigenvalue weighted by Gasteiger charge is -2.27. The monoisotopic (exact) mass is 287 g/mol. The second-order valence-corrected chi connectivity index (χ2v) is 7.88. The number of ether oxygens (including phenoxy) is 1. The molecule has 1 saturated heterocycles. The van der Waals surface area contributed by atoms with Gasteiger partial charge in [-0.3, -0.25) is 0 Å². The van der Waals surface area contributed by atoms with Crippen LogP contribution in [0.25, 0.3) is 0 Å². The Morgan fingerprint density at radius 1 is 1.42 bits per heavy atom. The minimum atomic E-state index is -3.61. The lowest BCUT2D eigenvalue weighted by molar-refractivity contribution is -0.0684. The average molecular weight is 287 g/mol. The lowest BCUT2D eigenvalue weighted by atomic mass is 9.96. The molecule has 1 N–H and O–H groups in total. The van der Waals surface area contributed by atoms with E-state index in [0.717, 1.165) is 0 Å². The van der Waals surface area contributed by atoms with Gasteiger partial charge in [0.25, 0.3) is 10.0 Å². The van der Waals surface area contributed by atoms with Gasteiger partial charge in [0.15, 0.2) is 5.03 Å². The minimum Gasteiger partial charge on any atom is -0.368 e. The molecule has 1 aromatic rings. The molecule has 19 heavy (non-hydrogen) atoms. The Morgan fingerprint density at radius 3 is 2.47 bits per heavy atom. The summed E-state index contributed by atoms with van der Waals surface area (Å²) in [6, 6.07) is -0.269. The molecule has 0 radical (unpaired) electrons. The Labute approximate surface area is 114 Å². The van der Waals surface area contributed by atoms with E-state index in [4.69, 9.17) is 4.74 Å². The zero-order chi connectivity index (χ0) is 14.5. The molecular weight excluding hydrogens is 266 g/mol. The first-order valence-corrected chi connectivity index (χ1v) is 7.71. The van der Waals surface area contributed by atoms with Crippen LogP contribution in [-0.4, -0.2) is 35.2 Å². The van der Waals surface area contributed by atoms with Gasteiger partial charge in [-0.25, -0.2) is 18.1 Å². The van der Waals surface area contributed by atoms with Crippen LogP contribution >= 0.6 is 0 Å². The van der Waals surface area contributed by atoms with E-state index in [1.807, 2.05) is 27.7 Å². The first-order chi connectivity index (χ1) is 8.52. The van der Waals surface area contributed by atoms with Gasteiger partial charge in [0.05, 0.1) is 23.6 Å². The topological polar surface area (TPSA) is 73.2 Å². The molecule has 6 nitrogen and oxygen atoms in total. The lowest BCUT2D eigenvalue weighted by Crippen LogP contribution is -2.46. The highest BCUT2D eigenvalue weighted by atomic mass is 32.2. The van der Waals surface area contributed by atoms with Gasteiger partial charge in [-0.15, -0.1) is 0 Å². The van der Waals surface area contributed by atoms with E-state index >= 15 is 0 Å². The van der Waals surface area contributed by atoms with Crippen LogP contribution in [0.2, 0.25) is 0 Å². The maximum Gasteiger partial charge on any atom is 0.259 e. The van der Waals surface area contributed by atoms with E-state index in [9.17, 15) is 8.42 Å². The van der Waals surface area contributed by atoms with Crippen LogP contribution in [0.5, 0.6) is 0 Å². The van der Waals surface area contributed by atoms with Crippen molar-refractivity contribution in [2.45, 2.75) is 56.4 Å². The number of hydrogen-bond donors (Lipinski definition) is 1. The highest BCUT2D eigenvalue weighted by molar-refractivity contribution is 7.89. The molecule has 2 heterocycles. The summed E-state index contributed by atoms with van der Waals surface area (Å²) in [5, 5.41) is 0.0375. The van der Waals surface area contributed by atoms with Crippen molar-refractivity contribution in [3.8, 4) is 0 Å². The van der Waals surface area contributed by atoms with Gasteiger partial charge in [0, 0.05) is 13.2 Å². The minimum absolute atomic E-state index is 0.0375. The first-order valence-electron chi connectivity index (χ1n) is 6.22. The van der Waals surface area contributed by atoms with Gasteiger partial charge in [-0.1, -0.05) is 0 Å². The van der Waals surface area contributed by atoms with Crippen molar-refractivity contribution in [2.24, 2.45) is 7.05 Å². The van der Waals surface area contributed by atoms with Crippen molar-refractivity contribution in [2.75, 3.05) is 0 Å². The number of sulfonamides is 1. The highest BCUT2D eigenvalue weighted by Crippen LogP contribution is 2.37. The van der Waals surface area contributed by atoms with Crippen molar-refractivity contribution in [1.82, 2.24) is 14.3 Å². The zero-order valence-electron chi connectivity index (χ0n) is 12.0. The Morgan fingerprint density at radius 2 is 2.05 bits per heavy atom. The van der Waals surface area contributed by atoms with E-state index in [-0.39, 0.29) is 16.7 Å². The first kappa shape index (κ1) is 14.5. The maximum atomic E-state index is 12.3. The Bertz CT molecular complexity index is 575. The van der Waals surface area contributed by atoms with Crippen LogP contribution < -0.4 is 4.72 Å². The van der Waals surface area contributed by atoms with Crippen LogP contribution in [0.4, 0.5) is 0 Å². The summed E-state index contributed by atoms with van der Waals surface area (Å²) in [7, 11) is -1.87. The number of nitrogens with zero attached hydrogens (tertiary/aromatic N) is 2. The molecular formula is C12H21N3O3S. The van der Waals surface area contributed by atoms with E-state index < -0.39 is 15.6 Å². The van der Waals surface area contributed by atoms with Gasteiger partial charge in [-0.05, 0) is 34.1 Å². The third-order valence-electron chi connectivity index (χ3n) is 3.33. The van der Waals surface area contributed by atoms with Gasteiger partial charge < -0.3 is 9.30 Å². The van der Waals surface area contributed by atoms with Crippen molar-refractivity contribution < 1.29 is 13.2 Å². The molecule has 1 aromatic heterocycles. The molecule has 1 fully saturated rings. The third-order valence-corrected chi connectivity index (χ3v) is 4.68. The van der Waals surface area contributed by atoms with Crippen molar-refractivity contribution in [3.63, 3.8) is 0 Å². The van der Waals surface area contributed by atoms with Crippen LogP contribution in [0.1, 0.15) is 34.1 Å². The molecule has 0 amide bonds. The van der Waals surface area contributed by atoms with E-state index in [0.29, 0.717) is 6.42 Å². The van der Waals surface area contributed by atoms with Crippen molar-refractivity contribution in [1.29, 1.82) is 0 Å². The molecule has 108 valence electrons. The fourth-order valence-electron chi connectivity index (χ4n) is 2.52.